The van der Waals surface area contributed by atoms with E-state index in [4.69, 9.17) is 5.73 Å². The Morgan fingerprint density at radius 3 is 2.86 bits per heavy atom. The molecule has 3 rings (SSSR count). The molecule has 0 aliphatic rings. The van der Waals surface area contributed by atoms with Crippen LogP contribution in [0.15, 0.2) is 29.3 Å². The molecule has 1 atom stereocenters. The molecule has 6 nitrogen and oxygen atoms in total. The highest BCUT2D eigenvalue weighted by Gasteiger charge is 2.16. The molecule has 2 heterocycles. The second-order valence-electron chi connectivity index (χ2n) is 4.82. The van der Waals surface area contributed by atoms with Gasteiger partial charge in [0, 0.05) is 0 Å². The predicted octanol–water partition coefficient (Wildman–Crippen LogP) is 2.00. The molecule has 7 heteroatoms. The highest BCUT2D eigenvalue weighted by Crippen LogP contribution is 2.22. The van der Waals surface area contributed by atoms with E-state index in [9.17, 15) is 4.79 Å². The lowest BCUT2D eigenvalue weighted by atomic mass is 10.1. The van der Waals surface area contributed by atoms with E-state index in [-0.39, 0.29) is 11.6 Å². The smallest absolute Gasteiger partial charge is 0.261 e. The summed E-state index contributed by atoms with van der Waals surface area (Å²) in [4.78, 5) is 17.0. The van der Waals surface area contributed by atoms with Crippen molar-refractivity contribution in [2.75, 3.05) is 5.73 Å². The molecule has 0 fully saturated rings. The van der Waals surface area contributed by atoms with Gasteiger partial charge in [-0.1, -0.05) is 24.3 Å². The summed E-state index contributed by atoms with van der Waals surface area (Å²) in [7, 11) is 0. The zero-order chi connectivity index (χ0) is 15.0. The molecule has 0 aliphatic heterocycles. The number of hydrogen-bond donors (Lipinski definition) is 1. The van der Waals surface area contributed by atoms with Crippen LogP contribution in [0.3, 0.4) is 0 Å². The minimum atomic E-state index is -0.241. The van der Waals surface area contributed by atoms with Gasteiger partial charge in [-0.15, -0.1) is 10.2 Å². The second kappa shape index (κ2) is 5.25. The molecule has 1 aromatic carbocycles. The lowest BCUT2D eigenvalue weighted by molar-refractivity contribution is 0.599. The van der Waals surface area contributed by atoms with E-state index in [1.807, 2.05) is 25.1 Å². The maximum Gasteiger partial charge on any atom is 0.261 e. The summed E-state index contributed by atoms with van der Waals surface area (Å²) in [5.74, 6) is 0. The Labute approximate surface area is 125 Å². The largest absolute Gasteiger partial charge is 0.374 e. The molecular formula is C14H15N5OS. The standard InChI is InChI=1S/C14H15N5OS/c1-3-9-4-5-11-10(6-9)13(20)19(7-16-11)8(2)12-17-18-14(15)21-12/h4-8H,3H2,1-2H3,(H2,15,18)/t8-/m0/s1. The number of hydrogen-bond acceptors (Lipinski definition) is 6. The molecule has 0 radical (unpaired) electrons. The van der Waals surface area contributed by atoms with E-state index >= 15 is 0 Å². The quantitative estimate of drug-likeness (QED) is 0.799. The predicted molar refractivity (Wildman–Crippen MR) is 83.5 cm³/mol. The lowest BCUT2D eigenvalue weighted by Crippen LogP contribution is -2.24. The van der Waals surface area contributed by atoms with Gasteiger partial charge >= 0.3 is 0 Å². The van der Waals surface area contributed by atoms with Gasteiger partial charge in [0.1, 0.15) is 5.01 Å². The molecule has 0 bridgehead atoms. The van der Waals surface area contributed by atoms with Crippen molar-refractivity contribution >= 4 is 27.4 Å². The molecule has 2 aromatic heterocycles. The number of nitrogens with two attached hydrogens (primary N) is 1. The second-order valence-corrected chi connectivity index (χ2v) is 5.86. The summed E-state index contributed by atoms with van der Waals surface area (Å²) in [6.07, 6.45) is 2.44. The maximum atomic E-state index is 12.7. The Bertz CT molecular complexity index is 854. The normalized spacial score (nSPS) is 12.7. The molecule has 0 amide bonds. The summed E-state index contributed by atoms with van der Waals surface area (Å²) in [6.45, 7) is 3.95. The van der Waals surface area contributed by atoms with Crippen molar-refractivity contribution in [3.05, 3.63) is 45.5 Å². The van der Waals surface area contributed by atoms with Gasteiger partial charge < -0.3 is 5.73 Å². The summed E-state index contributed by atoms with van der Waals surface area (Å²) in [5, 5.41) is 9.51. The molecular weight excluding hydrogens is 286 g/mol. The van der Waals surface area contributed by atoms with Crippen LogP contribution in [0.5, 0.6) is 0 Å². The van der Waals surface area contributed by atoms with Gasteiger partial charge in [0.2, 0.25) is 5.13 Å². The molecule has 0 saturated heterocycles. The SMILES string of the molecule is CCc1ccc2ncn([C@@H](C)c3nnc(N)s3)c(=O)c2c1. The molecule has 0 aliphatic carbocycles. The summed E-state index contributed by atoms with van der Waals surface area (Å²) in [6, 6.07) is 5.54. The minimum absolute atomic E-state index is 0.0726. The fourth-order valence-corrected chi connectivity index (χ4v) is 2.87. The third-order valence-corrected chi connectivity index (χ3v) is 4.41. The van der Waals surface area contributed by atoms with E-state index in [0.29, 0.717) is 21.0 Å². The number of aromatic nitrogens is 4. The van der Waals surface area contributed by atoms with E-state index in [1.165, 1.54) is 11.3 Å². The third-order valence-electron chi connectivity index (χ3n) is 3.49. The van der Waals surface area contributed by atoms with Crippen molar-refractivity contribution in [1.82, 2.24) is 19.7 Å². The number of anilines is 1. The Balaban J connectivity index is 2.15. The highest BCUT2D eigenvalue weighted by atomic mass is 32.1. The first-order valence-corrected chi connectivity index (χ1v) is 7.50. The number of rotatable bonds is 3. The fourth-order valence-electron chi connectivity index (χ4n) is 2.21. The van der Waals surface area contributed by atoms with Crippen molar-refractivity contribution in [1.29, 1.82) is 0 Å². The molecule has 21 heavy (non-hydrogen) atoms. The summed E-state index contributed by atoms with van der Waals surface area (Å²) < 4.78 is 1.57. The lowest BCUT2D eigenvalue weighted by Gasteiger charge is -2.12. The monoisotopic (exact) mass is 301 g/mol. The van der Waals surface area contributed by atoms with E-state index in [0.717, 1.165) is 12.0 Å². The summed E-state index contributed by atoms with van der Waals surface area (Å²) >= 11 is 1.28. The van der Waals surface area contributed by atoms with Gasteiger partial charge in [-0.3, -0.25) is 9.36 Å². The Kier molecular flexibility index (Phi) is 3.42. The van der Waals surface area contributed by atoms with Crippen molar-refractivity contribution in [2.45, 2.75) is 26.3 Å². The van der Waals surface area contributed by atoms with Crippen molar-refractivity contribution in [2.24, 2.45) is 0 Å². The van der Waals surface area contributed by atoms with Crippen molar-refractivity contribution < 1.29 is 0 Å². The van der Waals surface area contributed by atoms with E-state index in [1.54, 1.807) is 10.9 Å². The topological polar surface area (TPSA) is 86.7 Å². The van der Waals surface area contributed by atoms with Crippen LogP contribution in [0, 0.1) is 0 Å². The average Bonchev–Trinajstić information content (AvgIpc) is 2.93. The van der Waals surface area contributed by atoms with Gasteiger partial charge in [-0.05, 0) is 31.0 Å². The fraction of sp³-hybridized carbons (Fsp3) is 0.286. The van der Waals surface area contributed by atoms with Crippen LogP contribution >= 0.6 is 11.3 Å². The van der Waals surface area contributed by atoms with Gasteiger partial charge in [0.05, 0.1) is 23.3 Å². The number of aryl methyl sites for hydroxylation is 1. The zero-order valence-corrected chi connectivity index (χ0v) is 12.6. The number of benzene rings is 1. The maximum absolute atomic E-state index is 12.7. The molecule has 0 spiro atoms. The highest BCUT2D eigenvalue weighted by molar-refractivity contribution is 7.15. The molecule has 0 unspecified atom stereocenters. The van der Waals surface area contributed by atoms with Gasteiger partial charge in [0.25, 0.3) is 5.56 Å². The van der Waals surface area contributed by atoms with Crippen LogP contribution in [0.1, 0.15) is 30.5 Å². The Morgan fingerprint density at radius 2 is 2.19 bits per heavy atom. The first-order chi connectivity index (χ1) is 10.1. The van der Waals surface area contributed by atoms with Gasteiger partial charge in [0.15, 0.2) is 0 Å². The minimum Gasteiger partial charge on any atom is -0.374 e. The third kappa shape index (κ3) is 2.40. The van der Waals surface area contributed by atoms with Crippen molar-refractivity contribution in [3.63, 3.8) is 0 Å². The Morgan fingerprint density at radius 1 is 1.38 bits per heavy atom. The molecule has 0 saturated carbocycles. The van der Waals surface area contributed by atoms with Crippen LogP contribution in [-0.4, -0.2) is 19.7 Å². The number of nitrogens with zero attached hydrogens (tertiary/aromatic N) is 4. The zero-order valence-electron chi connectivity index (χ0n) is 11.8. The van der Waals surface area contributed by atoms with Gasteiger partial charge in [-0.25, -0.2) is 4.98 Å². The molecule has 2 N–H and O–H groups in total. The summed E-state index contributed by atoms with van der Waals surface area (Å²) in [5.41, 5.74) is 7.35. The molecule has 3 aromatic rings. The van der Waals surface area contributed by atoms with Gasteiger partial charge in [-0.2, -0.15) is 0 Å². The Hall–Kier alpha value is -2.28. The molecule has 108 valence electrons. The van der Waals surface area contributed by atoms with Crippen LogP contribution in [0.25, 0.3) is 10.9 Å². The van der Waals surface area contributed by atoms with E-state index in [2.05, 4.69) is 22.1 Å². The first kappa shape index (κ1) is 13.7. The first-order valence-electron chi connectivity index (χ1n) is 6.68. The van der Waals surface area contributed by atoms with Crippen LogP contribution in [0.4, 0.5) is 5.13 Å². The number of fused-ring (bicyclic) bond motifs is 1. The van der Waals surface area contributed by atoms with Crippen LogP contribution in [-0.2, 0) is 6.42 Å². The van der Waals surface area contributed by atoms with Crippen molar-refractivity contribution in [3.8, 4) is 0 Å². The van der Waals surface area contributed by atoms with E-state index < -0.39 is 0 Å². The van der Waals surface area contributed by atoms with Crippen LogP contribution < -0.4 is 11.3 Å². The number of nitrogen functional groups attached to an aromatic ring is 1. The van der Waals surface area contributed by atoms with Crippen LogP contribution in [0.2, 0.25) is 0 Å². The average molecular weight is 301 g/mol.